The number of carbonyl (C=O) groups excluding carboxylic acids is 3. The fourth-order valence-corrected chi connectivity index (χ4v) is 2.46. The van der Waals surface area contributed by atoms with Crippen LogP contribution in [-0.4, -0.2) is 38.0 Å². The van der Waals surface area contributed by atoms with E-state index in [-0.39, 0.29) is 18.9 Å². The third-order valence-corrected chi connectivity index (χ3v) is 4.17. The summed E-state index contributed by atoms with van der Waals surface area (Å²) in [6, 6.07) is 12.6. The van der Waals surface area contributed by atoms with Crippen molar-refractivity contribution in [1.29, 1.82) is 0 Å². The monoisotopic (exact) mass is 384 g/mol. The predicted molar refractivity (Wildman–Crippen MR) is 105 cm³/mol. The Labute approximate surface area is 164 Å². The third kappa shape index (κ3) is 6.42. The molecule has 0 spiro atoms. The molecule has 28 heavy (non-hydrogen) atoms. The molecule has 0 aliphatic carbocycles. The second-order valence-corrected chi connectivity index (χ2v) is 6.26. The first-order valence-corrected chi connectivity index (χ1v) is 8.80. The summed E-state index contributed by atoms with van der Waals surface area (Å²) in [6.07, 6.45) is 0.0254. The summed E-state index contributed by atoms with van der Waals surface area (Å²) in [5, 5.41) is 5.17. The third-order valence-electron chi connectivity index (χ3n) is 4.17. The molecule has 0 atom stereocenters. The van der Waals surface area contributed by atoms with E-state index in [9.17, 15) is 14.4 Å². The predicted octanol–water partition coefficient (Wildman–Crippen LogP) is 2.15. The molecule has 0 aromatic heterocycles. The van der Waals surface area contributed by atoms with Gasteiger partial charge in [-0.2, -0.15) is 0 Å². The summed E-state index contributed by atoms with van der Waals surface area (Å²) in [5.74, 6) is -0.805. The van der Waals surface area contributed by atoms with E-state index in [1.165, 1.54) is 7.11 Å². The summed E-state index contributed by atoms with van der Waals surface area (Å²) in [4.78, 5) is 35.6. The van der Waals surface area contributed by atoms with Gasteiger partial charge in [0.15, 0.2) is 6.61 Å². The number of hydrogen-bond acceptors (Lipinski definition) is 5. The molecule has 7 heteroatoms. The zero-order valence-electron chi connectivity index (χ0n) is 16.2. The number of benzene rings is 2. The summed E-state index contributed by atoms with van der Waals surface area (Å²) in [6.45, 7) is 3.21. The van der Waals surface area contributed by atoms with E-state index in [1.54, 1.807) is 30.3 Å². The van der Waals surface area contributed by atoms with Gasteiger partial charge >= 0.3 is 5.97 Å². The second kappa shape index (κ2) is 10.1. The maximum Gasteiger partial charge on any atom is 0.310 e. The van der Waals surface area contributed by atoms with Gasteiger partial charge in [0.05, 0.1) is 20.1 Å². The van der Waals surface area contributed by atoms with E-state index >= 15 is 0 Å². The highest BCUT2D eigenvalue weighted by Crippen LogP contribution is 2.17. The van der Waals surface area contributed by atoms with Gasteiger partial charge in [-0.25, -0.2) is 0 Å². The summed E-state index contributed by atoms with van der Waals surface area (Å²) in [7, 11) is 1.54. The van der Waals surface area contributed by atoms with Crippen molar-refractivity contribution in [3.8, 4) is 5.75 Å². The number of esters is 1. The molecule has 0 unspecified atom stereocenters. The number of rotatable bonds is 8. The number of carbonyl (C=O) groups is 3. The van der Waals surface area contributed by atoms with Crippen molar-refractivity contribution < 1.29 is 23.9 Å². The minimum atomic E-state index is -0.546. The van der Waals surface area contributed by atoms with E-state index < -0.39 is 18.5 Å². The van der Waals surface area contributed by atoms with Gasteiger partial charge in [0, 0.05) is 5.69 Å². The van der Waals surface area contributed by atoms with Crippen LogP contribution in [0.2, 0.25) is 0 Å². The van der Waals surface area contributed by atoms with Gasteiger partial charge < -0.3 is 20.1 Å². The summed E-state index contributed by atoms with van der Waals surface area (Å²) < 4.78 is 10.0. The van der Waals surface area contributed by atoms with Crippen LogP contribution < -0.4 is 15.4 Å². The van der Waals surface area contributed by atoms with Crippen molar-refractivity contribution in [3.63, 3.8) is 0 Å². The van der Waals surface area contributed by atoms with Crippen molar-refractivity contribution in [1.82, 2.24) is 5.32 Å². The molecule has 0 aliphatic heterocycles. The Morgan fingerprint density at radius 3 is 2.50 bits per heavy atom. The van der Waals surface area contributed by atoms with Crippen LogP contribution >= 0.6 is 0 Å². The van der Waals surface area contributed by atoms with Gasteiger partial charge in [-0.15, -0.1) is 0 Å². The summed E-state index contributed by atoms with van der Waals surface area (Å²) >= 11 is 0. The molecule has 7 nitrogen and oxygen atoms in total. The number of hydrogen-bond donors (Lipinski definition) is 2. The van der Waals surface area contributed by atoms with Gasteiger partial charge in [-0.05, 0) is 48.7 Å². The molecule has 2 N–H and O–H groups in total. The van der Waals surface area contributed by atoms with E-state index in [4.69, 9.17) is 9.47 Å². The van der Waals surface area contributed by atoms with Crippen LogP contribution in [0.4, 0.5) is 5.69 Å². The molecule has 2 rings (SSSR count). The second-order valence-electron chi connectivity index (χ2n) is 6.26. The smallest absolute Gasteiger partial charge is 0.310 e. The number of ether oxygens (including phenoxy) is 2. The van der Waals surface area contributed by atoms with Crippen LogP contribution in [0.3, 0.4) is 0 Å². The first kappa shape index (κ1) is 21.0. The lowest BCUT2D eigenvalue weighted by Gasteiger charge is -2.11. The molecule has 0 bridgehead atoms. The van der Waals surface area contributed by atoms with Crippen LogP contribution in [0.15, 0.2) is 42.5 Å². The minimum Gasteiger partial charge on any atom is -0.497 e. The molecule has 0 fully saturated rings. The van der Waals surface area contributed by atoms with E-state index in [1.807, 2.05) is 26.0 Å². The average molecular weight is 384 g/mol. The molecule has 0 heterocycles. The Hall–Kier alpha value is -3.35. The molecule has 148 valence electrons. The van der Waals surface area contributed by atoms with Gasteiger partial charge in [0.2, 0.25) is 5.91 Å². The Morgan fingerprint density at radius 1 is 1.00 bits per heavy atom. The van der Waals surface area contributed by atoms with Crippen molar-refractivity contribution in [2.45, 2.75) is 20.3 Å². The van der Waals surface area contributed by atoms with Crippen LogP contribution in [0.25, 0.3) is 0 Å². The zero-order chi connectivity index (χ0) is 20.5. The van der Waals surface area contributed by atoms with Crippen LogP contribution in [0, 0.1) is 13.8 Å². The number of anilines is 1. The normalized spacial score (nSPS) is 10.1. The van der Waals surface area contributed by atoms with Gasteiger partial charge in [-0.3, -0.25) is 14.4 Å². The molecule has 2 aromatic rings. The standard InChI is InChI=1S/C21H24N2O5/c1-14-6-4-9-18(15(14)2)23-19(24)12-22-20(25)13-28-21(26)11-16-7-5-8-17(10-16)27-3/h4-10H,11-13H2,1-3H3,(H,22,25)(H,23,24). The molecule has 0 saturated carbocycles. The highest BCUT2D eigenvalue weighted by molar-refractivity contribution is 5.95. The minimum absolute atomic E-state index is 0.0254. The number of amides is 2. The fraction of sp³-hybridized carbons (Fsp3) is 0.286. The van der Waals surface area contributed by atoms with Crippen molar-refractivity contribution >= 4 is 23.5 Å². The van der Waals surface area contributed by atoms with E-state index in [0.717, 1.165) is 16.7 Å². The highest BCUT2D eigenvalue weighted by Gasteiger charge is 2.11. The number of nitrogens with one attached hydrogen (secondary N) is 2. The maximum absolute atomic E-state index is 12.0. The van der Waals surface area contributed by atoms with Crippen molar-refractivity contribution in [2.75, 3.05) is 25.6 Å². The van der Waals surface area contributed by atoms with Gasteiger partial charge in [0.25, 0.3) is 5.91 Å². The van der Waals surface area contributed by atoms with Gasteiger partial charge in [-0.1, -0.05) is 24.3 Å². The lowest BCUT2D eigenvalue weighted by molar-refractivity contribution is -0.147. The molecule has 0 saturated heterocycles. The van der Waals surface area contributed by atoms with E-state index in [2.05, 4.69) is 10.6 Å². The van der Waals surface area contributed by atoms with Gasteiger partial charge in [0.1, 0.15) is 5.75 Å². The Balaban J connectivity index is 1.72. The van der Waals surface area contributed by atoms with E-state index in [0.29, 0.717) is 11.4 Å². The Kier molecular flexibility index (Phi) is 7.56. The fourth-order valence-electron chi connectivity index (χ4n) is 2.46. The van der Waals surface area contributed by atoms with Crippen molar-refractivity contribution in [2.24, 2.45) is 0 Å². The molecular formula is C21H24N2O5. The number of methoxy groups -OCH3 is 1. The van der Waals surface area contributed by atoms with Crippen LogP contribution in [-0.2, 0) is 25.5 Å². The van der Waals surface area contributed by atoms with Crippen molar-refractivity contribution in [3.05, 3.63) is 59.2 Å². The highest BCUT2D eigenvalue weighted by atomic mass is 16.5. The molecule has 2 aromatic carbocycles. The van der Waals surface area contributed by atoms with Crippen LogP contribution in [0.1, 0.15) is 16.7 Å². The molecule has 0 aliphatic rings. The molecule has 0 radical (unpaired) electrons. The first-order chi connectivity index (χ1) is 13.4. The SMILES string of the molecule is COc1cccc(CC(=O)OCC(=O)NCC(=O)Nc2cccc(C)c2C)c1. The Morgan fingerprint density at radius 2 is 1.75 bits per heavy atom. The lowest BCUT2D eigenvalue weighted by Crippen LogP contribution is -2.35. The average Bonchev–Trinajstić information content (AvgIpc) is 2.68. The summed E-state index contributed by atoms with van der Waals surface area (Å²) in [5.41, 5.74) is 3.44. The number of aryl methyl sites for hydroxylation is 1. The first-order valence-electron chi connectivity index (χ1n) is 8.80. The molecular weight excluding hydrogens is 360 g/mol. The Bertz CT molecular complexity index is 864. The maximum atomic E-state index is 12.0. The van der Waals surface area contributed by atoms with Crippen LogP contribution in [0.5, 0.6) is 5.75 Å². The quantitative estimate of drug-likeness (QED) is 0.680. The zero-order valence-corrected chi connectivity index (χ0v) is 16.2. The molecule has 2 amide bonds. The largest absolute Gasteiger partial charge is 0.497 e. The topological polar surface area (TPSA) is 93.7 Å². The lowest BCUT2D eigenvalue weighted by atomic mass is 10.1.